The Morgan fingerprint density at radius 3 is 2.81 bits per heavy atom. The Hall–Kier alpha value is -3.69. The van der Waals surface area contributed by atoms with Crippen LogP contribution in [0.1, 0.15) is 22.5 Å². The molecule has 7 nitrogen and oxygen atoms in total. The van der Waals surface area contributed by atoms with Gasteiger partial charge in [-0.3, -0.25) is 9.79 Å². The van der Waals surface area contributed by atoms with E-state index in [9.17, 15) is 18.0 Å². The highest BCUT2D eigenvalue weighted by Gasteiger charge is 2.33. The Labute approximate surface area is 180 Å². The number of fused-ring (bicyclic) bond motifs is 2. The average Bonchev–Trinajstić information content (AvgIpc) is 3.26. The van der Waals surface area contributed by atoms with E-state index >= 15 is 0 Å². The molecule has 0 spiro atoms. The van der Waals surface area contributed by atoms with Crippen LogP contribution in [-0.4, -0.2) is 52.3 Å². The van der Waals surface area contributed by atoms with Crippen molar-refractivity contribution in [2.45, 2.75) is 24.7 Å². The largest absolute Gasteiger partial charge is 0.439 e. The number of alkyl halides is 3. The number of pyridine rings is 2. The summed E-state index contributed by atoms with van der Waals surface area (Å²) in [4.78, 5) is 27.3. The van der Waals surface area contributed by atoms with Gasteiger partial charge in [0.1, 0.15) is 11.4 Å². The average molecular weight is 441 g/mol. The molecule has 2 unspecified atom stereocenters. The van der Waals surface area contributed by atoms with Crippen LogP contribution in [0, 0.1) is 0 Å². The van der Waals surface area contributed by atoms with E-state index in [1.807, 2.05) is 0 Å². The SMILES string of the molecule is O=C(c1ccc2cc(Oc3ccc(C(F)(F)F)cn3)ccc2n1)N1CCC2N=CNC2C1. The first kappa shape index (κ1) is 20.2. The Morgan fingerprint density at radius 1 is 1.16 bits per heavy atom. The molecule has 5 rings (SSSR count). The van der Waals surface area contributed by atoms with Crippen molar-refractivity contribution in [3.05, 3.63) is 59.9 Å². The molecule has 32 heavy (non-hydrogen) atoms. The lowest BCUT2D eigenvalue weighted by molar-refractivity contribution is -0.137. The van der Waals surface area contributed by atoms with Crippen molar-refractivity contribution in [3.63, 3.8) is 0 Å². The normalized spacial score (nSPS) is 20.2. The number of carbonyl (C=O) groups is 1. The van der Waals surface area contributed by atoms with Crippen molar-refractivity contribution in [3.8, 4) is 11.6 Å². The van der Waals surface area contributed by atoms with Crippen LogP contribution >= 0.6 is 0 Å². The minimum atomic E-state index is -4.45. The number of aromatic nitrogens is 2. The number of nitrogens with zero attached hydrogens (tertiary/aromatic N) is 4. The molecule has 1 amide bonds. The first-order valence-electron chi connectivity index (χ1n) is 10.1. The number of ether oxygens (including phenoxy) is 1. The number of benzene rings is 1. The Kier molecular flexibility index (Phi) is 4.91. The Morgan fingerprint density at radius 2 is 2.03 bits per heavy atom. The first-order chi connectivity index (χ1) is 15.4. The molecule has 10 heteroatoms. The third-order valence-corrected chi connectivity index (χ3v) is 5.58. The van der Waals surface area contributed by atoms with Gasteiger partial charge in [0.2, 0.25) is 5.88 Å². The summed E-state index contributed by atoms with van der Waals surface area (Å²) >= 11 is 0. The van der Waals surface area contributed by atoms with Crippen molar-refractivity contribution in [2.75, 3.05) is 13.1 Å². The molecule has 3 aromatic rings. The third kappa shape index (κ3) is 3.95. The van der Waals surface area contributed by atoms with Crippen molar-refractivity contribution < 1.29 is 22.7 Å². The minimum absolute atomic E-state index is 0.0463. The van der Waals surface area contributed by atoms with Crippen LogP contribution in [0.3, 0.4) is 0 Å². The number of rotatable bonds is 3. The van der Waals surface area contributed by atoms with Gasteiger partial charge in [-0.2, -0.15) is 13.2 Å². The van der Waals surface area contributed by atoms with Crippen LogP contribution in [-0.2, 0) is 6.18 Å². The molecule has 2 aliphatic heterocycles. The van der Waals surface area contributed by atoms with Gasteiger partial charge >= 0.3 is 6.18 Å². The van der Waals surface area contributed by atoms with Gasteiger partial charge in [-0.05, 0) is 36.8 Å². The van der Waals surface area contributed by atoms with Crippen LogP contribution in [0.25, 0.3) is 10.9 Å². The molecule has 1 N–H and O–H groups in total. The molecule has 0 saturated carbocycles. The summed E-state index contributed by atoms with van der Waals surface area (Å²) in [5.41, 5.74) is 0.124. The quantitative estimate of drug-likeness (QED) is 0.671. The number of amides is 1. The zero-order valence-corrected chi connectivity index (χ0v) is 16.7. The highest BCUT2D eigenvalue weighted by Crippen LogP contribution is 2.30. The van der Waals surface area contributed by atoms with E-state index in [0.717, 1.165) is 24.1 Å². The highest BCUT2D eigenvalue weighted by molar-refractivity contribution is 5.95. The first-order valence-corrected chi connectivity index (χ1v) is 10.1. The summed E-state index contributed by atoms with van der Waals surface area (Å²) in [5, 5.41) is 3.91. The molecule has 2 atom stereocenters. The summed E-state index contributed by atoms with van der Waals surface area (Å²) in [7, 11) is 0. The van der Waals surface area contributed by atoms with Gasteiger partial charge in [-0.1, -0.05) is 6.07 Å². The molecule has 0 radical (unpaired) electrons. The smallest absolute Gasteiger partial charge is 0.417 e. The Bertz CT molecular complexity index is 1200. The lowest BCUT2D eigenvalue weighted by Crippen LogP contribution is -2.51. The third-order valence-electron chi connectivity index (χ3n) is 5.58. The molecule has 0 aliphatic carbocycles. The van der Waals surface area contributed by atoms with Crippen LogP contribution in [0.4, 0.5) is 13.2 Å². The van der Waals surface area contributed by atoms with Gasteiger partial charge in [0.25, 0.3) is 5.91 Å². The van der Waals surface area contributed by atoms with Gasteiger partial charge in [0.15, 0.2) is 0 Å². The van der Waals surface area contributed by atoms with E-state index in [4.69, 9.17) is 4.74 Å². The topological polar surface area (TPSA) is 79.7 Å². The maximum atomic E-state index is 12.9. The van der Waals surface area contributed by atoms with Crippen molar-refractivity contribution >= 4 is 23.1 Å². The zero-order valence-electron chi connectivity index (χ0n) is 16.7. The summed E-state index contributed by atoms with van der Waals surface area (Å²) in [6.45, 7) is 1.21. The molecule has 1 fully saturated rings. The summed E-state index contributed by atoms with van der Waals surface area (Å²) in [5.74, 6) is 0.318. The highest BCUT2D eigenvalue weighted by atomic mass is 19.4. The number of piperidine rings is 1. The number of hydrogen-bond donors (Lipinski definition) is 1. The van der Waals surface area contributed by atoms with Crippen LogP contribution in [0.2, 0.25) is 0 Å². The predicted molar refractivity (Wildman–Crippen MR) is 111 cm³/mol. The number of carbonyl (C=O) groups excluding carboxylic acids is 1. The fraction of sp³-hybridized carbons (Fsp3) is 0.273. The molecule has 1 aromatic carbocycles. The molecule has 164 valence electrons. The van der Waals surface area contributed by atoms with E-state index in [-0.39, 0.29) is 23.9 Å². The van der Waals surface area contributed by atoms with E-state index < -0.39 is 11.7 Å². The fourth-order valence-electron chi connectivity index (χ4n) is 3.88. The van der Waals surface area contributed by atoms with E-state index in [1.165, 1.54) is 6.07 Å². The van der Waals surface area contributed by atoms with Crippen LogP contribution in [0.15, 0.2) is 53.7 Å². The van der Waals surface area contributed by atoms with E-state index in [2.05, 4.69) is 20.3 Å². The second-order valence-corrected chi connectivity index (χ2v) is 7.69. The maximum Gasteiger partial charge on any atom is 0.417 e. The van der Waals surface area contributed by atoms with Crippen molar-refractivity contribution in [1.82, 2.24) is 20.2 Å². The van der Waals surface area contributed by atoms with Crippen LogP contribution in [0.5, 0.6) is 11.6 Å². The van der Waals surface area contributed by atoms with Gasteiger partial charge in [-0.25, -0.2) is 9.97 Å². The number of nitrogens with one attached hydrogen (secondary N) is 1. The van der Waals surface area contributed by atoms with Gasteiger partial charge in [0.05, 0.1) is 29.5 Å². The summed E-state index contributed by atoms with van der Waals surface area (Å²) in [6, 6.07) is 10.9. The lowest BCUT2D eigenvalue weighted by atomic mass is 10.0. The van der Waals surface area contributed by atoms with Gasteiger partial charge in [-0.15, -0.1) is 0 Å². The monoisotopic (exact) mass is 441 g/mol. The summed E-state index contributed by atoms with van der Waals surface area (Å²) in [6.07, 6.45) is -1.21. The lowest BCUT2D eigenvalue weighted by Gasteiger charge is -2.33. The van der Waals surface area contributed by atoms with Crippen molar-refractivity contribution in [1.29, 1.82) is 0 Å². The second-order valence-electron chi connectivity index (χ2n) is 7.69. The molecule has 0 bridgehead atoms. The summed E-state index contributed by atoms with van der Waals surface area (Å²) < 4.78 is 43.6. The van der Waals surface area contributed by atoms with Crippen molar-refractivity contribution in [2.24, 2.45) is 4.99 Å². The number of hydrogen-bond acceptors (Lipinski definition) is 6. The molecule has 2 aromatic heterocycles. The molecular formula is C22H18F3N5O2. The number of halogens is 3. The van der Waals surface area contributed by atoms with E-state index in [0.29, 0.717) is 30.0 Å². The van der Waals surface area contributed by atoms with Gasteiger partial charge < -0.3 is 15.0 Å². The van der Waals surface area contributed by atoms with E-state index in [1.54, 1.807) is 41.6 Å². The number of likely N-dealkylation sites (tertiary alicyclic amines) is 1. The van der Waals surface area contributed by atoms with Crippen LogP contribution < -0.4 is 10.1 Å². The zero-order chi connectivity index (χ0) is 22.3. The molecule has 4 heterocycles. The standard InChI is InChI=1S/C22H18F3N5O2/c23-22(24,25)14-2-6-20(26-10-14)32-15-3-5-16-13(9-15)1-4-18(29-16)21(31)30-8-7-17-19(11-30)28-12-27-17/h1-6,9-10,12,17,19H,7-8,11H2,(H,27,28). The minimum Gasteiger partial charge on any atom is -0.439 e. The molecular weight excluding hydrogens is 423 g/mol. The van der Waals surface area contributed by atoms with Gasteiger partial charge in [0, 0.05) is 30.7 Å². The predicted octanol–water partition coefficient (Wildman–Crippen LogP) is 3.66. The molecule has 2 aliphatic rings. The maximum absolute atomic E-state index is 12.9. The molecule has 1 saturated heterocycles. The Balaban J connectivity index is 1.30. The number of aliphatic imine (C=N–C) groups is 1. The second kappa shape index (κ2) is 7.77. The fourth-order valence-corrected chi connectivity index (χ4v) is 3.88.